The lowest BCUT2D eigenvalue weighted by atomic mass is 10.1. The molecule has 8 heteroatoms. The van der Waals surface area contributed by atoms with Crippen LogP contribution in [0.5, 0.6) is 5.75 Å². The monoisotopic (exact) mass is 470 g/mol. The Hall–Kier alpha value is -4.59. The minimum Gasteiger partial charge on any atom is -0.481 e. The van der Waals surface area contributed by atoms with E-state index in [4.69, 9.17) is 4.74 Å². The normalized spacial score (nSPS) is 11.5. The van der Waals surface area contributed by atoms with Crippen LogP contribution in [0.4, 0.5) is 11.4 Å². The average Bonchev–Trinajstić information content (AvgIpc) is 3.08. The summed E-state index contributed by atoms with van der Waals surface area (Å²) in [7, 11) is 1.76. The predicted octanol–water partition coefficient (Wildman–Crippen LogP) is 4.14. The molecule has 0 spiro atoms. The smallest absolute Gasteiger partial charge is 0.295 e. The zero-order valence-corrected chi connectivity index (χ0v) is 19.7. The molecule has 4 aromatic rings. The Morgan fingerprint density at radius 3 is 2.23 bits per heavy atom. The van der Waals surface area contributed by atoms with Crippen molar-refractivity contribution in [3.8, 4) is 11.4 Å². The van der Waals surface area contributed by atoms with Crippen LogP contribution >= 0.6 is 0 Å². The van der Waals surface area contributed by atoms with Gasteiger partial charge in [-0.2, -0.15) is 0 Å². The van der Waals surface area contributed by atoms with Gasteiger partial charge in [0.25, 0.3) is 17.4 Å². The van der Waals surface area contributed by atoms with Crippen LogP contribution in [0.1, 0.15) is 23.0 Å². The van der Waals surface area contributed by atoms with Crippen LogP contribution in [-0.4, -0.2) is 27.3 Å². The quantitative estimate of drug-likeness (QED) is 0.424. The first-order valence-electron chi connectivity index (χ1n) is 11.1. The molecule has 2 amide bonds. The van der Waals surface area contributed by atoms with Gasteiger partial charge in [0, 0.05) is 18.3 Å². The minimum absolute atomic E-state index is 0.195. The maximum Gasteiger partial charge on any atom is 0.295 e. The molecule has 0 aliphatic carbocycles. The topological polar surface area (TPSA) is 94.4 Å². The fraction of sp³-hybridized carbons (Fsp3) is 0.148. The van der Waals surface area contributed by atoms with E-state index in [0.29, 0.717) is 28.4 Å². The van der Waals surface area contributed by atoms with Gasteiger partial charge in [0.05, 0.1) is 11.4 Å². The van der Waals surface area contributed by atoms with Gasteiger partial charge in [0.2, 0.25) is 0 Å². The Labute approximate surface area is 202 Å². The van der Waals surface area contributed by atoms with Gasteiger partial charge in [-0.3, -0.25) is 19.1 Å². The summed E-state index contributed by atoms with van der Waals surface area (Å²) >= 11 is 0. The summed E-state index contributed by atoms with van der Waals surface area (Å²) < 4.78 is 8.84. The number of hydrogen-bond acceptors (Lipinski definition) is 4. The van der Waals surface area contributed by atoms with Gasteiger partial charge in [-0.15, -0.1) is 0 Å². The zero-order chi connectivity index (χ0) is 24.9. The number of ether oxygens (including phenoxy) is 1. The van der Waals surface area contributed by atoms with E-state index in [0.717, 1.165) is 0 Å². The maximum absolute atomic E-state index is 13.1. The zero-order valence-electron chi connectivity index (χ0n) is 19.7. The van der Waals surface area contributed by atoms with Gasteiger partial charge in [0.15, 0.2) is 6.10 Å². The van der Waals surface area contributed by atoms with Crippen LogP contribution in [0.2, 0.25) is 0 Å². The molecule has 4 rings (SSSR count). The third-order valence-corrected chi connectivity index (χ3v) is 5.61. The van der Waals surface area contributed by atoms with Crippen molar-refractivity contribution in [2.24, 2.45) is 7.05 Å². The van der Waals surface area contributed by atoms with Crippen LogP contribution in [-0.2, 0) is 11.8 Å². The molecule has 0 aliphatic rings. The second-order valence-electron chi connectivity index (χ2n) is 8.03. The SMILES string of the molecule is Cc1c(NC(=O)c2cccc(NC(=O)[C@H](C)Oc3ccccc3)c2)c(=O)n(-c2ccccc2)n1C. The summed E-state index contributed by atoms with van der Waals surface area (Å²) in [5, 5.41) is 5.50. The van der Waals surface area contributed by atoms with Gasteiger partial charge in [-0.25, -0.2) is 4.68 Å². The van der Waals surface area contributed by atoms with Crippen LogP contribution in [0.3, 0.4) is 0 Å². The van der Waals surface area contributed by atoms with E-state index >= 15 is 0 Å². The molecule has 0 saturated heterocycles. The lowest BCUT2D eigenvalue weighted by Gasteiger charge is -2.15. The molecule has 178 valence electrons. The largest absolute Gasteiger partial charge is 0.481 e. The van der Waals surface area contributed by atoms with Gasteiger partial charge in [-0.05, 0) is 56.3 Å². The van der Waals surface area contributed by atoms with E-state index in [9.17, 15) is 14.4 Å². The van der Waals surface area contributed by atoms with Gasteiger partial charge >= 0.3 is 0 Å². The second kappa shape index (κ2) is 10.1. The highest BCUT2D eigenvalue weighted by Crippen LogP contribution is 2.18. The first-order chi connectivity index (χ1) is 16.8. The number of aromatic nitrogens is 2. The van der Waals surface area contributed by atoms with Crippen molar-refractivity contribution in [1.29, 1.82) is 0 Å². The van der Waals surface area contributed by atoms with E-state index in [1.165, 1.54) is 4.68 Å². The number of anilines is 2. The molecular formula is C27H26N4O4. The Morgan fingerprint density at radius 1 is 0.886 bits per heavy atom. The summed E-state index contributed by atoms with van der Waals surface area (Å²) in [5.41, 5.74) is 1.91. The van der Waals surface area contributed by atoms with Gasteiger partial charge in [0.1, 0.15) is 11.4 Å². The standard InChI is InChI=1S/C27H26N4O4/c1-18-24(27(34)31(30(18)3)22-13-6-4-7-14-22)29-26(33)20-11-10-12-21(17-20)28-25(32)19(2)35-23-15-8-5-9-16-23/h4-17,19H,1-3H3,(H,28,32)(H,29,33)/t19-/m0/s1. The van der Waals surface area contributed by atoms with E-state index in [-0.39, 0.29) is 17.2 Å². The third-order valence-electron chi connectivity index (χ3n) is 5.61. The Bertz CT molecular complexity index is 1410. The van der Waals surface area contributed by atoms with Crippen molar-refractivity contribution in [2.45, 2.75) is 20.0 Å². The van der Waals surface area contributed by atoms with Crippen molar-refractivity contribution in [2.75, 3.05) is 10.6 Å². The molecule has 0 bridgehead atoms. The molecule has 0 fully saturated rings. The molecular weight excluding hydrogens is 444 g/mol. The van der Waals surface area contributed by atoms with E-state index < -0.39 is 12.0 Å². The highest BCUT2D eigenvalue weighted by atomic mass is 16.5. The lowest BCUT2D eigenvalue weighted by molar-refractivity contribution is -0.122. The first-order valence-corrected chi connectivity index (χ1v) is 11.1. The highest BCUT2D eigenvalue weighted by Gasteiger charge is 2.20. The molecule has 1 heterocycles. The number of para-hydroxylation sites is 2. The molecule has 0 aliphatic heterocycles. The van der Waals surface area contributed by atoms with E-state index in [1.807, 2.05) is 48.5 Å². The highest BCUT2D eigenvalue weighted by molar-refractivity contribution is 6.05. The van der Waals surface area contributed by atoms with E-state index in [2.05, 4.69) is 10.6 Å². The lowest BCUT2D eigenvalue weighted by Crippen LogP contribution is -2.30. The Morgan fingerprint density at radius 2 is 1.54 bits per heavy atom. The Kier molecular flexibility index (Phi) is 6.82. The number of nitrogens with one attached hydrogen (secondary N) is 2. The van der Waals surface area contributed by atoms with E-state index in [1.54, 1.807) is 62.0 Å². The molecule has 8 nitrogen and oxygen atoms in total. The number of nitrogens with zero attached hydrogens (tertiary/aromatic N) is 2. The molecule has 2 N–H and O–H groups in total. The molecule has 0 radical (unpaired) electrons. The molecule has 35 heavy (non-hydrogen) atoms. The molecule has 1 atom stereocenters. The number of carbonyl (C=O) groups excluding carboxylic acids is 2. The number of hydrogen-bond donors (Lipinski definition) is 2. The van der Waals surface area contributed by atoms with Crippen molar-refractivity contribution < 1.29 is 14.3 Å². The van der Waals surface area contributed by atoms with Crippen molar-refractivity contribution >= 4 is 23.2 Å². The molecule has 3 aromatic carbocycles. The third kappa shape index (κ3) is 5.16. The fourth-order valence-electron chi connectivity index (χ4n) is 3.64. The summed E-state index contributed by atoms with van der Waals surface area (Å²) in [6.45, 7) is 3.41. The molecule has 0 unspecified atom stereocenters. The summed E-state index contributed by atoms with van der Waals surface area (Å²) in [4.78, 5) is 38.6. The van der Waals surface area contributed by atoms with Gasteiger partial charge in [-0.1, -0.05) is 42.5 Å². The van der Waals surface area contributed by atoms with Crippen LogP contribution < -0.4 is 20.9 Å². The number of amides is 2. The van der Waals surface area contributed by atoms with Crippen molar-refractivity contribution in [3.63, 3.8) is 0 Å². The average molecular weight is 471 g/mol. The van der Waals surface area contributed by atoms with Crippen LogP contribution in [0, 0.1) is 6.92 Å². The number of benzene rings is 3. The second-order valence-corrected chi connectivity index (χ2v) is 8.03. The first kappa shape index (κ1) is 23.6. The summed E-state index contributed by atoms with van der Waals surface area (Å²) in [6, 6.07) is 24.8. The van der Waals surface area contributed by atoms with Crippen molar-refractivity contribution in [3.05, 3.63) is 107 Å². The fourth-order valence-corrected chi connectivity index (χ4v) is 3.64. The number of rotatable bonds is 7. The summed E-state index contributed by atoms with van der Waals surface area (Å²) in [6.07, 6.45) is -0.738. The van der Waals surface area contributed by atoms with Crippen molar-refractivity contribution in [1.82, 2.24) is 9.36 Å². The van der Waals surface area contributed by atoms with Gasteiger partial charge < -0.3 is 15.4 Å². The van der Waals surface area contributed by atoms with Crippen LogP contribution in [0.25, 0.3) is 5.69 Å². The summed E-state index contributed by atoms with van der Waals surface area (Å²) in [5.74, 6) is -0.223. The predicted molar refractivity (Wildman–Crippen MR) is 135 cm³/mol. The minimum atomic E-state index is -0.738. The Balaban J connectivity index is 1.49. The number of carbonyl (C=O) groups is 2. The maximum atomic E-state index is 13.1. The molecule has 1 aromatic heterocycles. The molecule has 0 saturated carbocycles. The van der Waals surface area contributed by atoms with Crippen LogP contribution in [0.15, 0.2) is 89.7 Å².